The quantitative estimate of drug-likeness (QED) is 0.580. The Morgan fingerprint density at radius 2 is 1.79 bits per heavy atom. The summed E-state index contributed by atoms with van der Waals surface area (Å²) < 4.78 is 61.1. The summed E-state index contributed by atoms with van der Waals surface area (Å²) in [7, 11) is -5.67. The Kier molecular flexibility index (Phi) is 4.85. The van der Waals surface area contributed by atoms with E-state index in [0.29, 0.717) is 22.3 Å². The second-order valence-electron chi connectivity index (χ2n) is 4.52. The van der Waals surface area contributed by atoms with Crippen LogP contribution in [0, 0.1) is 10.1 Å². The Balaban J connectivity index is 2.51. The van der Waals surface area contributed by atoms with Gasteiger partial charge in [0.25, 0.3) is 15.5 Å². The van der Waals surface area contributed by atoms with E-state index in [4.69, 9.17) is 0 Å². The average molecular weight is 425 g/mol. The number of nitrogens with one attached hydrogen (secondary N) is 1. The van der Waals surface area contributed by atoms with Crippen molar-refractivity contribution in [2.75, 3.05) is 5.32 Å². The lowest BCUT2D eigenvalue weighted by Crippen LogP contribution is -2.23. The van der Waals surface area contributed by atoms with Crippen molar-refractivity contribution in [2.45, 2.75) is 10.4 Å². The van der Waals surface area contributed by atoms with Gasteiger partial charge in [0.05, 0.1) is 9.82 Å². The number of halogens is 4. The van der Waals surface area contributed by atoms with E-state index in [2.05, 4.69) is 21.2 Å². The Bertz CT molecular complexity index is 900. The lowest BCUT2D eigenvalue weighted by Gasteiger charge is -2.11. The Hall–Kier alpha value is -2.14. The highest BCUT2D eigenvalue weighted by Gasteiger charge is 2.47. The Labute approximate surface area is 142 Å². The first-order chi connectivity index (χ1) is 11.0. The lowest BCUT2D eigenvalue weighted by atomic mass is 10.2. The maximum Gasteiger partial charge on any atom is 0.501 e. The maximum atomic E-state index is 12.6. The zero-order valence-corrected chi connectivity index (χ0v) is 13.9. The first-order valence-electron chi connectivity index (χ1n) is 6.15. The monoisotopic (exact) mass is 424 g/mol. The minimum Gasteiger partial charge on any atom is -0.350 e. The van der Waals surface area contributed by atoms with Gasteiger partial charge in [-0.1, -0.05) is 22.0 Å². The van der Waals surface area contributed by atoms with E-state index in [-0.39, 0.29) is 5.69 Å². The largest absolute Gasteiger partial charge is 0.501 e. The molecule has 0 radical (unpaired) electrons. The zero-order valence-electron chi connectivity index (χ0n) is 11.5. The smallest absolute Gasteiger partial charge is 0.350 e. The van der Waals surface area contributed by atoms with Crippen molar-refractivity contribution in [3.63, 3.8) is 0 Å². The Morgan fingerprint density at radius 3 is 2.33 bits per heavy atom. The summed E-state index contributed by atoms with van der Waals surface area (Å²) >= 11 is 3.20. The van der Waals surface area contributed by atoms with Gasteiger partial charge < -0.3 is 5.32 Å². The minimum absolute atomic E-state index is 0.140. The van der Waals surface area contributed by atoms with Crippen LogP contribution in [0.25, 0.3) is 0 Å². The fourth-order valence-corrected chi connectivity index (χ4v) is 2.97. The van der Waals surface area contributed by atoms with Gasteiger partial charge in [0, 0.05) is 16.2 Å². The van der Waals surface area contributed by atoms with Crippen molar-refractivity contribution in [3.05, 3.63) is 57.1 Å². The molecule has 2 aromatic carbocycles. The van der Waals surface area contributed by atoms with E-state index in [1.807, 2.05) is 0 Å². The molecule has 0 saturated heterocycles. The molecule has 1 N–H and O–H groups in total. The first-order valence-corrected chi connectivity index (χ1v) is 8.42. The van der Waals surface area contributed by atoms with Gasteiger partial charge >= 0.3 is 5.51 Å². The molecule has 0 aliphatic heterocycles. The fraction of sp³-hybridized carbons (Fsp3) is 0.0769. The second kappa shape index (κ2) is 6.40. The highest BCUT2D eigenvalue weighted by atomic mass is 79.9. The van der Waals surface area contributed by atoms with Gasteiger partial charge in [-0.2, -0.15) is 13.2 Å². The number of hydrogen-bond donors (Lipinski definition) is 1. The molecule has 0 fully saturated rings. The number of hydrogen-bond acceptors (Lipinski definition) is 5. The predicted molar refractivity (Wildman–Crippen MR) is 83.8 cm³/mol. The molecule has 0 aliphatic carbocycles. The molecule has 11 heteroatoms. The molecule has 0 spiro atoms. The summed E-state index contributed by atoms with van der Waals surface area (Å²) in [4.78, 5) is 8.93. The molecular formula is C13H8BrF3N2O4S. The van der Waals surface area contributed by atoms with E-state index in [1.165, 1.54) is 0 Å². The van der Waals surface area contributed by atoms with Crippen LogP contribution in [0.15, 0.2) is 51.8 Å². The van der Waals surface area contributed by atoms with Gasteiger partial charge in [-0.3, -0.25) is 10.1 Å². The van der Waals surface area contributed by atoms with Crippen LogP contribution in [0.5, 0.6) is 0 Å². The van der Waals surface area contributed by atoms with Crippen LogP contribution in [0.4, 0.5) is 30.2 Å². The molecule has 0 aromatic heterocycles. The second-order valence-corrected chi connectivity index (χ2v) is 7.38. The van der Waals surface area contributed by atoms with Crippen molar-refractivity contribution in [1.29, 1.82) is 0 Å². The first kappa shape index (κ1) is 18.2. The summed E-state index contributed by atoms with van der Waals surface area (Å²) in [6.07, 6.45) is 0. The summed E-state index contributed by atoms with van der Waals surface area (Å²) in [5, 5.41) is 13.8. The van der Waals surface area contributed by atoms with Crippen LogP contribution in [-0.4, -0.2) is 18.8 Å². The number of nitro groups is 1. The van der Waals surface area contributed by atoms with E-state index in [0.717, 1.165) is 6.07 Å². The molecule has 0 heterocycles. The Morgan fingerprint density at radius 1 is 1.12 bits per heavy atom. The van der Waals surface area contributed by atoms with E-state index in [9.17, 15) is 31.7 Å². The molecule has 0 atom stereocenters. The molecule has 2 rings (SSSR count). The fourth-order valence-electron chi connectivity index (χ4n) is 1.79. The van der Waals surface area contributed by atoms with Gasteiger partial charge in [0.15, 0.2) is 0 Å². The molecule has 0 saturated carbocycles. The molecular weight excluding hydrogens is 417 g/mol. The highest BCUT2D eigenvalue weighted by molar-refractivity contribution is 9.10. The van der Waals surface area contributed by atoms with E-state index in [1.54, 1.807) is 24.3 Å². The number of alkyl halides is 3. The molecule has 0 unspecified atom stereocenters. The summed E-state index contributed by atoms with van der Waals surface area (Å²) in [6, 6.07) is 8.47. The van der Waals surface area contributed by atoms with Crippen molar-refractivity contribution in [3.8, 4) is 0 Å². The number of nitro benzene ring substituents is 1. The van der Waals surface area contributed by atoms with Crippen molar-refractivity contribution in [2.24, 2.45) is 0 Å². The molecule has 24 heavy (non-hydrogen) atoms. The third-order valence-electron chi connectivity index (χ3n) is 2.88. The van der Waals surface area contributed by atoms with Gasteiger partial charge in [0.1, 0.15) is 5.69 Å². The van der Waals surface area contributed by atoms with Crippen LogP contribution in [-0.2, 0) is 9.84 Å². The predicted octanol–water partition coefficient (Wildman–Crippen LogP) is 4.39. The van der Waals surface area contributed by atoms with Crippen LogP contribution in [0.3, 0.4) is 0 Å². The van der Waals surface area contributed by atoms with Gasteiger partial charge in [-0.25, -0.2) is 8.42 Å². The van der Waals surface area contributed by atoms with Crippen molar-refractivity contribution < 1.29 is 26.5 Å². The SMILES string of the molecule is O=[N+]([O-])c1cc(S(=O)(=O)C(F)(F)F)ccc1Nc1cccc(Br)c1. The van der Waals surface area contributed by atoms with Crippen molar-refractivity contribution in [1.82, 2.24) is 0 Å². The van der Waals surface area contributed by atoms with Gasteiger partial charge in [-0.05, 0) is 30.3 Å². The lowest BCUT2D eigenvalue weighted by molar-refractivity contribution is -0.384. The number of rotatable bonds is 4. The van der Waals surface area contributed by atoms with Crippen LogP contribution in [0.1, 0.15) is 0 Å². The third-order valence-corrected chi connectivity index (χ3v) is 4.86. The van der Waals surface area contributed by atoms with E-state index < -0.39 is 30.9 Å². The van der Waals surface area contributed by atoms with Crippen LogP contribution < -0.4 is 5.32 Å². The number of sulfone groups is 1. The summed E-state index contributed by atoms with van der Waals surface area (Å²) in [5.41, 5.74) is -6.04. The molecule has 0 amide bonds. The molecule has 2 aromatic rings. The van der Waals surface area contributed by atoms with Crippen LogP contribution in [0.2, 0.25) is 0 Å². The average Bonchev–Trinajstić information content (AvgIpc) is 2.46. The molecule has 6 nitrogen and oxygen atoms in total. The third kappa shape index (κ3) is 3.67. The topological polar surface area (TPSA) is 89.3 Å². The van der Waals surface area contributed by atoms with Gasteiger partial charge in [-0.15, -0.1) is 0 Å². The minimum atomic E-state index is -5.67. The number of benzene rings is 2. The van der Waals surface area contributed by atoms with E-state index >= 15 is 0 Å². The zero-order chi connectivity index (χ0) is 18.1. The standard InChI is InChI=1S/C13H8BrF3N2O4S/c14-8-2-1-3-9(6-8)18-11-5-4-10(7-12(11)19(20)21)24(22,23)13(15,16)17/h1-7,18H. The molecule has 0 aliphatic rings. The number of anilines is 2. The maximum absolute atomic E-state index is 12.6. The normalized spacial score (nSPS) is 12.0. The molecule has 128 valence electrons. The van der Waals surface area contributed by atoms with Crippen LogP contribution >= 0.6 is 15.9 Å². The summed E-state index contributed by atoms with van der Waals surface area (Å²) in [5.74, 6) is 0. The van der Waals surface area contributed by atoms with Gasteiger partial charge in [0.2, 0.25) is 0 Å². The van der Waals surface area contributed by atoms with Crippen molar-refractivity contribution >= 4 is 42.8 Å². The molecule has 0 bridgehead atoms. The summed E-state index contributed by atoms with van der Waals surface area (Å²) in [6.45, 7) is 0. The highest BCUT2D eigenvalue weighted by Crippen LogP contribution is 2.35. The number of nitrogens with zero attached hydrogens (tertiary/aromatic N) is 1.